The Bertz CT molecular complexity index is 631. The van der Waals surface area contributed by atoms with Crippen molar-refractivity contribution in [1.82, 2.24) is 10.2 Å². The number of alkyl halides is 3. The van der Waals surface area contributed by atoms with Crippen LogP contribution in [0.15, 0.2) is 18.2 Å². The van der Waals surface area contributed by atoms with Crippen LogP contribution in [-0.4, -0.2) is 30.6 Å². The molecule has 1 N–H and O–H groups in total. The van der Waals surface area contributed by atoms with E-state index in [4.69, 9.17) is 9.47 Å². The zero-order valence-electron chi connectivity index (χ0n) is 11.9. The Kier molecular flexibility index (Phi) is 5.07. The second-order valence-corrected chi connectivity index (χ2v) is 5.36. The fourth-order valence-corrected chi connectivity index (χ4v) is 2.60. The summed E-state index contributed by atoms with van der Waals surface area (Å²) in [7, 11) is 3.05. The van der Waals surface area contributed by atoms with E-state index in [0.29, 0.717) is 23.2 Å². The Balaban J connectivity index is 2.05. The van der Waals surface area contributed by atoms with Crippen molar-refractivity contribution in [1.29, 1.82) is 0 Å². The highest BCUT2D eigenvalue weighted by atomic mass is 32.1. The molecule has 0 aliphatic rings. The van der Waals surface area contributed by atoms with E-state index >= 15 is 0 Å². The van der Waals surface area contributed by atoms with Crippen LogP contribution in [0, 0.1) is 0 Å². The van der Waals surface area contributed by atoms with Gasteiger partial charge in [0.25, 0.3) is 0 Å². The Morgan fingerprint density at radius 3 is 2.59 bits per heavy atom. The number of hydrogen-bond acceptors (Lipinski definition) is 6. The highest BCUT2D eigenvalue weighted by molar-refractivity contribution is 7.15. The number of benzene rings is 1. The van der Waals surface area contributed by atoms with E-state index in [0.717, 1.165) is 16.9 Å². The minimum absolute atomic E-state index is 0.0763. The number of rotatable bonds is 6. The van der Waals surface area contributed by atoms with Crippen molar-refractivity contribution >= 4 is 16.5 Å². The maximum atomic E-state index is 12.3. The molecule has 0 aliphatic carbocycles. The average Bonchev–Trinajstić information content (AvgIpc) is 2.89. The highest BCUT2D eigenvalue weighted by Gasteiger charge is 2.29. The van der Waals surface area contributed by atoms with Crippen LogP contribution in [0.3, 0.4) is 0 Å². The lowest BCUT2D eigenvalue weighted by Crippen LogP contribution is -2.11. The lowest BCUT2D eigenvalue weighted by Gasteiger charge is -2.12. The third kappa shape index (κ3) is 4.23. The Hall–Kier alpha value is -2.03. The van der Waals surface area contributed by atoms with Crippen molar-refractivity contribution < 1.29 is 22.6 Å². The maximum absolute atomic E-state index is 12.3. The van der Waals surface area contributed by atoms with E-state index in [1.165, 1.54) is 14.2 Å². The molecule has 0 spiro atoms. The zero-order valence-corrected chi connectivity index (χ0v) is 12.7. The smallest absolute Gasteiger partial charge is 0.395 e. The molecule has 0 radical (unpaired) electrons. The van der Waals surface area contributed by atoms with Crippen molar-refractivity contribution in [3.63, 3.8) is 0 Å². The van der Waals surface area contributed by atoms with E-state index in [2.05, 4.69) is 15.5 Å². The molecule has 0 aliphatic heterocycles. The van der Waals surface area contributed by atoms with Crippen LogP contribution in [0.2, 0.25) is 0 Å². The SMILES string of the molecule is COc1cccc(CNc2nnc(CC(F)(F)F)s2)c1OC. The van der Waals surface area contributed by atoms with Crippen molar-refractivity contribution in [2.24, 2.45) is 0 Å². The number of anilines is 1. The molecule has 0 unspecified atom stereocenters. The lowest BCUT2D eigenvalue weighted by atomic mass is 10.2. The fraction of sp³-hybridized carbons (Fsp3) is 0.385. The quantitative estimate of drug-likeness (QED) is 0.879. The molecule has 1 aromatic heterocycles. The number of methoxy groups -OCH3 is 2. The highest BCUT2D eigenvalue weighted by Crippen LogP contribution is 2.31. The lowest BCUT2D eigenvalue weighted by molar-refractivity contribution is -0.127. The molecule has 1 aromatic carbocycles. The summed E-state index contributed by atoms with van der Waals surface area (Å²) >= 11 is 0.877. The zero-order chi connectivity index (χ0) is 16.2. The van der Waals surface area contributed by atoms with Crippen molar-refractivity contribution in [2.45, 2.75) is 19.1 Å². The summed E-state index contributed by atoms with van der Waals surface area (Å²) < 4.78 is 47.3. The van der Waals surface area contributed by atoms with Gasteiger partial charge in [-0.2, -0.15) is 13.2 Å². The molecular formula is C13H14F3N3O2S. The molecule has 0 bridgehead atoms. The van der Waals surface area contributed by atoms with Gasteiger partial charge in [0.2, 0.25) is 5.13 Å². The maximum Gasteiger partial charge on any atom is 0.395 e. The number of halogens is 3. The molecule has 120 valence electrons. The van der Waals surface area contributed by atoms with Crippen molar-refractivity contribution in [3.8, 4) is 11.5 Å². The molecule has 0 saturated carbocycles. The molecule has 9 heteroatoms. The van der Waals surface area contributed by atoms with Gasteiger partial charge in [-0.05, 0) is 6.07 Å². The first kappa shape index (κ1) is 16.3. The molecule has 0 amide bonds. The summed E-state index contributed by atoms with van der Waals surface area (Å²) in [4.78, 5) is 0. The number of ether oxygens (including phenoxy) is 2. The normalized spacial score (nSPS) is 11.3. The van der Waals surface area contributed by atoms with Gasteiger partial charge >= 0.3 is 6.18 Å². The summed E-state index contributed by atoms with van der Waals surface area (Å²) in [6.07, 6.45) is -5.36. The molecule has 5 nitrogen and oxygen atoms in total. The predicted octanol–water partition coefficient (Wildman–Crippen LogP) is 3.27. The number of hydrogen-bond donors (Lipinski definition) is 1. The van der Waals surface area contributed by atoms with Crippen LogP contribution < -0.4 is 14.8 Å². The summed E-state index contributed by atoms with van der Waals surface area (Å²) in [5, 5.41) is 10.4. The Morgan fingerprint density at radius 1 is 1.18 bits per heavy atom. The van der Waals surface area contributed by atoms with Gasteiger partial charge in [-0.15, -0.1) is 10.2 Å². The number of nitrogens with one attached hydrogen (secondary N) is 1. The van der Waals surface area contributed by atoms with Crippen LogP contribution in [0.4, 0.5) is 18.3 Å². The molecule has 22 heavy (non-hydrogen) atoms. The van der Waals surface area contributed by atoms with Crippen LogP contribution in [0.5, 0.6) is 11.5 Å². The first-order valence-electron chi connectivity index (χ1n) is 6.26. The average molecular weight is 333 g/mol. The summed E-state index contributed by atoms with van der Waals surface area (Å²) in [6, 6.07) is 5.38. The number of para-hydroxylation sites is 1. The standard InChI is InChI=1S/C13H14F3N3O2S/c1-20-9-5-3-4-8(11(9)21-2)7-17-12-19-18-10(22-12)6-13(14,15)16/h3-5H,6-7H2,1-2H3,(H,17,19). The van der Waals surface area contributed by atoms with Gasteiger partial charge in [0, 0.05) is 12.1 Å². The summed E-state index contributed by atoms with van der Waals surface area (Å²) in [6.45, 7) is 0.334. The Morgan fingerprint density at radius 2 is 1.95 bits per heavy atom. The van der Waals surface area contributed by atoms with E-state index < -0.39 is 12.6 Å². The van der Waals surface area contributed by atoms with E-state index in [1.54, 1.807) is 12.1 Å². The molecule has 2 aromatic rings. The fourth-order valence-electron chi connectivity index (χ4n) is 1.83. The van der Waals surface area contributed by atoms with Gasteiger partial charge in [0.15, 0.2) is 11.5 Å². The molecule has 0 fully saturated rings. The molecule has 0 saturated heterocycles. The minimum atomic E-state index is -4.28. The van der Waals surface area contributed by atoms with E-state index in [9.17, 15) is 13.2 Å². The van der Waals surface area contributed by atoms with Gasteiger partial charge in [0.1, 0.15) is 5.01 Å². The molecule has 0 atom stereocenters. The van der Waals surface area contributed by atoms with Crippen LogP contribution in [0.1, 0.15) is 10.6 Å². The van der Waals surface area contributed by atoms with Gasteiger partial charge in [-0.1, -0.05) is 23.5 Å². The third-order valence-corrected chi connectivity index (χ3v) is 3.61. The summed E-state index contributed by atoms with van der Waals surface area (Å²) in [5.74, 6) is 1.15. The number of nitrogens with zero attached hydrogens (tertiary/aromatic N) is 2. The van der Waals surface area contributed by atoms with Crippen LogP contribution in [-0.2, 0) is 13.0 Å². The largest absolute Gasteiger partial charge is 0.493 e. The van der Waals surface area contributed by atoms with Crippen LogP contribution >= 0.6 is 11.3 Å². The van der Waals surface area contributed by atoms with Crippen molar-refractivity contribution in [2.75, 3.05) is 19.5 Å². The second kappa shape index (κ2) is 6.82. The van der Waals surface area contributed by atoms with Gasteiger partial charge in [-0.3, -0.25) is 0 Å². The van der Waals surface area contributed by atoms with Gasteiger partial charge in [0.05, 0.1) is 20.6 Å². The van der Waals surface area contributed by atoms with Gasteiger partial charge in [-0.25, -0.2) is 0 Å². The first-order valence-corrected chi connectivity index (χ1v) is 7.07. The molecule has 2 rings (SSSR count). The van der Waals surface area contributed by atoms with E-state index in [-0.39, 0.29) is 5.01 Å². The summed E-state index contributed by atoms with van der Waals surface area (Å²) in [5.41, 5.74) is 0.800. The molecular weight excluding hydrogens is 319 g/mol. The monoisotopic (exact) mass is 333 g/mol. The van der Waals surface area contributed by atoms with E-state index in [1.807, 2.05) is 6.07 Å². The Labute approximate surface area is 129 Å². The number of aromatic nitrogens is 2. The van der Waals surface area contributed by atoms with Gasteiger partial charge < -0.3 is 14.8 Å². The molecule has 1 heterocycles. The minimum Gasteiger partial charge on any atom is -0.493 e. The predicted molar refractivity (Wildman–Crippen MR) is 76.5 cm³/mol. The topological polar surface area (TPSA) is 56.3 Å². The second-order valence-electron chi connectivity index (χ2n) is 4.30. The van der Waals surface area contributed by atoms with Crippen molar-refractivity contribution in [3.05, 3.63) is 28.8 Å². The third-order valence-electron chi connectivity index (χ3n) is 2.73. The first-order chi connectivity index (χ1) is 10.4. The van der Waals surface area contributed by atoms with Crippen LogP contribution in [0.25, 0.3) is 0 Å².